The van der Waals surface area contributed by atoms with Crippen LogP contribution in [-0.4, -0.2) is 74.9 Å². The third-order valence-electron chi connectivity index (χ3n) is 10.9. The van der Waals surface area contributed by atoms with E-state index in [2.05, 4.69) is 184 Å². The fourth-order valence-electron chi connectivity index (χ4n) is 6.62. The highest BCUT2D eigenvalue weighted by Crippen LogP contribution is 2.43. The Bertz CT molecular complexity index is 1930. The molecule has 0 aliphatic rings. The van der Waals surface area contributed by atoms with Gasteiger partial charge in [-0.2, -0.15) is 0 Å². The number of phosphoric ester groups is 1. The Balaban J connectivity index is 4.36. The van der Waals surface area contributed by atoms with E-state index in [1.165, 1.54) is 0 Å². The molecule has 0 amide bonds. The number of carbonyl (C=O) groups excluding carboxylic acids is 2. The molecule has 0 heterocycles. The molecule has 0 aliphatic heterocycles. The smallest absolute Gasteiger partial charge is 0.462 e. The third-order valence-corrected chi connectivity index (χ3v) is 11.9. The zero-order valence-electron chi connectivity index (χ0n) is 47.9. The molecule has 2 unspecified atom stereocenters. The topological polar surface area (TPSA) is 108 Å². The second-order valence-corrected chi connectivity index (χ2v) is 20.7. The van der Waals surface area contributed by atoms with Crippen molar-refractivity contribution in [3.8, 4) is 0 Å². The number of nitrogens with zero attached hydrogens (tertiary/aromatic N) is 1. The number of hydrogen-bond acceptors (Lipinski definition) is 7. The van der Waals surface area contributed by atoms with Gasteiger partial charge in [-0.3, -0.25) is 18.6 Å². The number of carbonyl (C=O) groups is 2. The molecule has 76 heavy (non-hydrogen) atoms. The van der Waals surface area contributed by atoms with Crippen molar-refractivity contribution in [2.24, 2.45) is 0 Å². The molecule has 0 fully saturated rings. The Kier molecular flexibility index (Phi) is 51.4. The van der Waals surface area contributed by atoms with E-state index >= 15 is 0 Å². The molecule has 424 valence electrons. The van der Waals surface area contributed by atoms with Gasteiger partial charge < -0.3 is 18.9 Å². The van der Waals surface area contributed by atoms with Crippen molar-refractivity contribution in [3.63, 3.8) is 0 Å². The summed E-state index contributed by atoms with van der Waals surface area (Å²) in [5, 5.41) is 0. The minimum absolute atomic E-state index is 0.00465. The summed E-state index contributed by atoms with van der Waals surface area (Å²) in [5.74, 6) is -0.938. The van der Waals surface area contributed by atoms with Crippen molar-refractivity contribution in [2.45, 2.75) is 174 Å². The molecule has 0 spiro atoms. The summed E-state index contributed by atoms with van der Waals surface area (Å²) >= 11 is 0. The first kappa shape index (κ1) is 71.1. The van der Waals surface area contributed by atoms with E-state index in [9.17, 15) is 19.0 Å². The van der Waals surface area contributed by atoms with Crippen LogP contribution < -0.4 is 0 Å². The highest BCUT2D eigenvalue weighted by molar-refractivity contribution is 7.47. The molecule has 0 saturated heterocycles. The lowest BCUT2D eigenvalue weighted by Gasteiger charge is -2.24. The van der Waals surface area contributed by atoms with Crippen molar-refractivity contribution in [3.05, 3.63) is 182 Å². The van der Waals surface area contributed by atoms with Gasteiger partial charge in [0.2, 0.25) is 0 Å². The predicted molar refractivity (Wildman–Crippen MR) is 325 cm³/mol. The molecule has 0 radical (unpaired) electrons. The second kappa shape index (κ2) is 54.9. The third kappa shape index (κ3) is 58.4. The van der Waals surface area contributed by atoms with E-state index < -0.39 is 32.5 Å². The first-order valence-corrected chi connectivity index (χ1v) is 30.0. The molecule has 10 heteroatoms. The lowest BCUT2D eigenvalue weighted by atomic mass is 10.1. The van der Waals surface area contributed by atoms with Gasteiger partial charge in [-0.15, -0.1) is 0 Å². The quantitative estimate of drug-likeness (QED) is 0.0211. The van der Waals surface area contributed by atoms with Crippen LogP contribution in [0.4, 0.5) is 0 Å². The van der Waals surface area contributed by atoms with Gasteiger partial charge in [-0.25, -0.2) is 4.57 Å². The number of phosphoric acid groups is 1. The predicted octanol–water partition coefficient (Wildman–Crippen LogP) is 18.0. The average Bonchev–Trinajstić information content (AvgIpc) is 3.38. The summed E-state index contributed by atoms with van der Waals surface area (Å²) in [5.41, 5.74) is 0. The van der Waals surface area contributed by atoms with Crippen LogP contribution in [0.5, 0.6) is 0 Å². The van der Waals surface area contributed by atoms with E-state index in [1.807, 2.05) is 33.3 Å². The molecule has 1 N–H and O–H groups in total. The van der Waals surface area contributed by atoms with Crippen LogP contribution in [-0.2, 0) is 32.7 Å². The lowest BCUT2D eigenvalue weighted by Crippen LogP contribution is -2.37. The van der Waals surface area contributed by atoms with Gasteiger partial charge in [0.15, 0.2) is 6.10 Å². The molecule has 9 nitrogen and oxygen atoms in total. The second-order valence-electron chi connectivity index (χ2n) is 19.2. The molecule has 2 atom stereocenters. The average molecular weight is 1070 g/mol. The zero-order valence-corrected chi connectivity index (χ0v) is 48.8. The van der Waals surface area contributed by atoms with Gasteiger partial charge in [0.05, 0.1) is 27.7 Å². The van der Waals surface area contributed by atoms with Crippen molar-refractivity contribution >= 4 is 19.8 Å². The standard InChI is InChI=1S/C66H102NO8P/c1-6-8-10-12-14-16-18-20-22-24-26-27-28-29-30-31-32-33-34-35-36-37-38-39-41-43-45-47-49-51-53-55-57-59-66(69)75-64(63-74-76(70,71)73-61-60-67(3,4)5)62-72-65(68)58-56-54-52-50-48-46-44-42-40-25-23-21-19-17-15-13-11-9-7-2/h8-11,14-17,20-23,26-27,29-30,32-33,35-36,38-40,42-43,45-46,48,52,54,64H,6-7,12-13,18-19,24-25,28,31,34,37,41,44,47,49-51,53,55-63H2,1-5H3/p+1/b10-8-,11-9-,16-14-,17-15-,22-20-,23-21-,27-26-,30-29-,33-32-,36-35-,39-38-,42-40-,45-43-,48-46-,54-52-. The van der Waals surface area contributed by atoms with Crippen LogP contribution in [0.3, 0.4) is 0 Å². The van der Waals surface area contributed by atoms with Gasteiger partial charge in [0.25, 0.3) is 0 Å². The van der Waals surface area contributed by atoms with Crippen molar-refractivity contribution in [2.75, 3.05) is 47.5 Å². The van der Waals surface area contributed by atoms with Gasteiger partial charge >= 0.3 is 19.8 Å². The Hall–Kier alpha value is -4.89. The monoisotopic (exact) mass is 1070 g/mol. The SMILES string of the molecule is CC/C=C\C/C=C\C/C=C\C/C=C\C/C=C\C/C=C\C/C=C\C/C=C\C/C=C\CCCCCCCC(=O)OC(COC(=O)CC/C=C\C/C=C\C/C=C\C/C=C\C/C=C\C/C=C\CC)COP(=O)(O)OCC[N+](C)(C)C. The van der Waals surface area contributed by atoms with Crippen LogP contribution in [0.1, 0.15) is 168 Å². The van der Waals surface area contributed by atoms with Gasteiger partial charge in [-0.05, 0) is 122 Å². The number of rotatable bonds is 49. The lowest BCUT2D eigenvalue weighted by molar-refractivity contribution is -0.870. The number of ether oxygens (including phenoxy) is 2. The number of hydrogen-bond donors (Lipinski definition) is 1. The fraction of sp³-hybridized carbons (Fsp3) is 0.515. The number of esters is 2. The van der Waals surface area contributed by atoms with Gasteiger partial charge in [0.1, 0.15) is 19.8 Å². The van der Waals surface area contributed by atoms with Crippen LogP contribution in [0, 0.1) is 0 Å². The number of allylic oxidation sites excluding steroid dienone is 30. The molecule has 0 saturated carbocycles. The summed E-state index contributed by atoms with van der Waals surface area (Å²) in [6.45, 7) is 4.05. The zero-order chi connectivity index (χ0) is 55.6. The summed E-state index contributed by atoms with van der Waals surface area (Å²) in [6.07, 6.45) is 85.5. The van der Waals surface area contributed by atoms with Crippen LogP contribution in [0.2, 0.25) is 0 Å². The summed E-state index contributed by atoms with van der Waals surface area (Å²) in [7, 11) is 1.39. The number of quaternary nitrogens is 1. The van der Waals surface area contributed by atoms with E-state index in [0.29, 0.717) is 23.9 Å². The van der Waals surface area contributed by atoms with Gasteiger partial charge in [0, 0.05) is 12.8 Å². The van der Waals surface area contributed by atoms with Gasteiger partial charge in [-0.1, -0.05) is 215 Å². The Morgan fingerprint density at radius 3 is 1.11 bits per heavy atom. The van der Waals surface area contributed by atoms with Crippen LogP contribution in [0.15, 0.2) is 182 Å². The Morgan fingerprint density at radius 1 is 0.408 bits per heavy atom. The molecular weight excluding hydrogens is 966 g/mol. The normalized spacial score (nSPS) is 14.7. The van der Waals surface area contributed by atoms with Crippen molar-refractivity contribution in [1.82, 2.24) is 0 Å². The Morgan fingerprint density at radius 2 is 0.737 bits per heavy atom. The molecule has 0 aromatic carbocycles. The first-order valence-electron chi connectivity index (χ1n) is 28.5. The highest BCUT2D eigenvalue weighted by atomic mass is 31.2. The minimum Gasteiger partial charge on any atom is -0.462 e. The van der Waals surface area contributed by atoms with E-state index in [0.717, 1.165) is 128 Å². The maximum atomic E-state index is 12.8. The Labute approximate surface area is 463 Å². The molecule has 0 rings (SSSR count). The molecule has 0 bridgehead atoms. The molecule has 0 aromatic heterocycles. The van der Waals surface area contributed by atoms with Crippen molar-refractivity contribution < 1.29 is 42.1 Å². The van der Waals surface area contributed by atoms with Crippen molar-refractivity contribution in [1.29, 1.82) is 0 Å². The fourth-order valence-corrected chi connectivity index (χ4v) is 7.36. The summed E-state index contributed by atoms with van der Waals surface area (Å²) in [4.78, 5) is 35.6. The molecule has 0 aliphatic carbocycles. The highest BCUT2D eigenvalue weighted by Gasteiger charge is 2.27. The minimum atomic E-state index is -4.42. The number of likely N-dealkylation sites (N-methyl/N-ethyl adjacent to an activating group) is 1. The van der Waals surface area contributed by atoms with E-state index in [4.69, 9.17) is 18.5 Å². The maximum Gasteiger partial charge on any atom is 0.472 e. The van der Waals surface area contributed by atoms with E-state index in [-0.39, 0.29) is 26.1 Å². The largest absolute Gasteiger partial charge is 0.472 e. The maximum absolute atomic E-state index is 12.8. The van der Waals surface area contributed by atoms with Crippen LogP contribution in [0.25, 0.3) is 0 Å². The first-order chi connectivity index (χ1) is 37.0. The summed E-state index contributed by atoms with van der Waals surface area (Å²) in [6, 6.07) is 0. The molecular formula is C66H103NO8P+. The van der Waals surface area contributed by atoms with E-state index in [1.54, 1.807) is 0 Å². The number of unbranched alkanes of at least 4 members (excludes halogenated alkanes) is 5. The molecule has 0 aromatic rings. The van der Waals surface area contributed by atoms with Crippen LogP contribution >= 0.6 is 7.82 Å². The summed E-state index contributed by atoms with van der Waals surface area (Å²) < 4.78 is 34.4.